The van der Waals surface area contributed by atoms with Gasteiger partial charge in [0.15, 0.2) is 11.6 Å². The molecule has 0 saturated heterocycles. The van der Waals surface area contributed by atoms with Gasteiger partial charge in [0.2, 0.25) is 5.16 Å². The van der Waals surface area contributed by atoms with Gasteiger partial charge in [0.1, 0.15) is 0 Å². The molecule has 0 bridgehead atoms. The van der Waals surface area contributed by atoms with Gasteiger partial charge in [-0.25, -0.2) is 4.98 Å². The van der Waals surface area contributed by atoms with Crippen molar-refractivity contribution in [3.05, 3.63) is 64.7 Å². The summed E-state index contributed by atoms with van der Waals surface area (Å²) in [5, 5.41) is 7.71. The van der Waals surface area contributed by atoms with Gasteiger partial charge < -0.3 is 0 Å². The number of H-pyrrole nitrogens is 1. The summed E-state index contributed by atoms with van der Waals surface area (Å²) in [4.78, 5) is 16.8. The topological polar surface area (TPSA) is 58.6 Å². The van der Waals surface area contributed by atoms with E-state index in [0.29, 0.717) is 10.9 Å². The van der Waals surface area contributed by atoms with Gasteiger partial charge >= 0.3 is 0 Å². The number of nitrogens with one attached hydrogen (secondary N) is 1. The molecule has 5 heteroatoms. The SMILES string of the molecule is Cc1ccc(-c2nc(SCC(=O)c3ccc(C)cc3C)n[nH]2)cc1. The molecule has 0 saturated carbocycles. The number of aromatic amines is 1. The number of benzene rings is 2. The third-order valence-electron chi connectivity index (χ3n) is 3.80. The number of carbonyl (C=O) groups is 1. The summed E-state index contributed by atoms with van der Waals surface area (Å²) in [6.07, 6.45) is 0. The Balaban J connectivity index is 1.67. The molecule has 1 heterocycles. The quantitative estimate of drug-likeness (QED) is 0.555. The molecule has 3 rings (SSSR count). The molecule has 2 aromatic carbocycles. The molecule has 122 valence electrons. The molecule has 1 aromatic heterocycles. The number of thioether (sulfide) groups is 1. The summed E-state index contributed by atoms with van der Waals surface area (Å²) in [5.74, 6) is 1.14. The highest BCUT2D eigenvalue weighted by Crippen LogP contribution is 2.21. The molecular formula is C19H19N3OS. The van der Waals surface area contributed by atoms with E-state index < -0.39 is 0 Å². The minimum atomic E-state index is 0.0965. The largest absolute Gasteiger partial charge is 0.293 e. The second-order valence-electron chi connectivity index (χ2n) is 5.86. The van der Waals surface area contributed by atoms with Crippen LogP contribution in [0.5, 0.6) is 0 Å². The van der Waals surface area contributed by atoms with Crippen LogP contribution >= 0.6 is 11.8 Å². The van der Waals surface area contributed by atoms with Gasteiger partial charge in [0, 0.05) is 11.1 Å². The summed E-state index contributed by atoms with van der Waals surface area (Å²) in [5.41, 5.74) is 5.12. The molecular weight excluding hydrogens is 318 g/mol. The molecule has 0 fully saturated rings. The summed E-state index contributed by atoms with van der Waals surface area (Å²) >= 11 is 1.35. The minimum absolute atomic E-state index is 0.0965. The van der Waals surface area contributed by atoms with Gasteiger partial charge in [0.25, 0.3) is 0 Å². The van der Waals surface area contributed by atoms with Crippen LogP contribution in [-0.2, 0) is 0 Å². The summed E-state index contributed by atoms with van der Waals surface area (Å²) in [7, 11) is 0. The van der Waals surface area contributed by atoms with E-state index in [1.807, 2.05) is 63.2 Å². The van der Waals surface area contributed by atoms with Gasteiger partial charge in [-0.15, -0.1) is 5.10 Å². The Kier molecular flexibility index (Phi) is 4.81. The standard InChI is InChI=1S/C19H19N3OS/c1-12-4-7-15(8-5-12)18-20-19(22-21-18)24-11-17(23)16-9-6-13(2)10-14(16)3/h4-10H,11H2,1-3H3,(H,20,21,22). The first kappa shape index (κ1) is 16.5. The van der Waals surface area contributed by atoms with E-state index in [4.69, 9.17) is 0 Å². The van der Waals surface area contributed by atoms with E-state index in [0.717, 1.165) is 28.1 Å². The third kappa shape index (κ3) is 3.74. The molecule has 4 nitrogen and oxygen atoms in total. The number of ketones is 1. The van der Waals surface area contributed by atoms with Gasteiger partial charge in [-0.2, -0.15) is 0 Å². The Hall–Kier alpha value is -2.40. The monoisotopic (exact) mass is 337 g/mol. The second-order valence-corrected chi connectivity index (χ2v) is 6.81. The molecule has 24 heavy (non-hydrogen) atoms. The zero-order valence-corrected chi connectivity index (χ0v) is 14.8. The minimum Gasteiger partial charge on any atom is -0.293 e. The first-order valence-electron chi connectivity index (χ1n) is 7.75. The van der Waals surface area contributed by atoms with Crippen molar-refractivity contribution in [1.29, 1.82) is 0 Å². The molecule has 0 aliphatic rings. The fourth-order valence-corrected chi connectivity index (χ4v) is 3.17. The van der Waals surface area contributed by atoms with Crippen molar-refractivity contribution >= 4 is 17.5 Å². The number of Topliss-reactive ketones (excluding diaryl/α,β-unsaturated/α-hetero) is 1. The summed E-state index contributed by atoms with van der Waals surface area (Å²) < 4.78 is 0. The highest BCUT2D eigenvalue weighted by atomic mass is 32.2. The number of rotatable bonds is 5. The zero-order chi connectivity index (χ0) is 17.1. The fraction of sp³-hybridized carbons (Fsp3) is 0.211. The Morgan fingerprint density at radius 1 is 1.04 bits per heavy atom. The lowest BCUT2D eigenvalue weighted by molar-refractivity contribution is 0.102. The van der Waals surface area contributed by atoms with E-state index in [9.17, 15) is 4.79 Å². The van der Waals surface area contributed by atoms with Crippen LogP contribution in [0.1, 0.15) is 27.0 Å². The molecule has 0 unspecified atom stereocenters. The lowest BCUT2D eigenvalue weighted by atomic mass is 10.0. The molecule has 0 aliphatic heterocycles. The van der Waals surface area contributed by atoms with Crippen molar-refractivity contribution in [3.8, 4) is 11.4 Å². The van der Waals surface area contributed by atoms with Crippen LogP contribution < -0.4 is 0 Å². The van der Waals surface area contributed by atoms with Crippen molar-refractivity contribution in [2.45, 2.75) is 25.9 Å². The number of hydrogen-bond donors (Lipinski definition) is 1. The van der Waals surface area contributed by atoms with E-state index in [2.05, 4.69) is 15.2 Å². The van der Waals surface area contributed by atoms with E-state index in [1.54, 1.807) is 0 Å². The van der Waals surface area contributed by atoms with E-state index in [-0.39, 0.29) is 5.78 Å². The first-order valence-corrected chi connectivity index (χ1v) is 8.74. The maximum atomic E-state index is 12.4. The van der Waals surface area contributed by atoms with Crippen LogP contribution in [-0.4, -0.2) is 26.7 Å². The van der Waals surface area contributed by atoms with Gasteiger partial charge in [-0.1, -0.05) is 65.4 Å². The first-order chi connectivity index (χ1) is 11.5. The Labute approximate surface area is 145 Å². The number of aromatic nitrogens is 3. The normalized spacial score (nSPS) is 10.8. The average Bonchev–Trinajstić information content (AvgIpc) is 3.02. The number of aryl methyl sites for hydroxylation is 3. The van der Waals surface area contributed by atoms with E-state index >= 15 is 0 Å². The molecule has 0 amide bonds. The van der Waals surface area contributed by atoms with Crippen molar-refractivity contribution in [3.63, 3.8) is 0 Å². The van der Waals surface area contributed by atoms with Crippen molar-refractivity contribution < 1.29 is 4.79 Å². The highest BCUT2D eigenvalue weighted by Gasteiger charge is 2.12. The predicted molar refractivity (Wildman–Crippen MR) is 97.5 cm³/mol. The van der Waals surface area contributed by atoms with E-state index in [1.165, 1.54) is 17.3 Å². The maximum absolute atomic E-state index is 12.4. The molecule has 0 radical (unpaired) electrons. The Morgan fingerprint density at radius 2 is 1.75 bits per heavy atom. The van der Waals surface area contributed by atoms with Gasteiger partial charge in [0.05, 0.1) is 5.75 Å². The average molecular weight is 337 g/mol. The Bertz CT molecular complexity index is 869. The molecule has 3 aromatic rings. The molecule has 1 N–H and O–H groups in total. The third-order valence-corrected chi connectivity index (χ3v) is 4.65. The van der Waals surface area contributed by atoms with Crippen LogP contribution in [0.4, 0.5) is 0 Å². The number of hydrogen-bond acceptors (Lipinski definition) is 4. The molecule has 0 aliphatic carbocycles. The molecule has 0 atom stereocenters. The lowest BCUT2D eigenvalue weighted by Gasteiger charge is -2.04. The van der Waals surface area contributed by atoms with Crippen LogP contribution in [0.3, 0.4) is 0 Å². The van der Waals surface area contributed by atoms with Gasteiger partial charge in [-0.3, -0.25) is 9.89 Å². The Morgan fingerprint density at radius 3 is 2.46 bits per heavy atom. The lowest BCUT2D eigenvalue weighted by Crippen LogP contribution is -2.05. The molecule has 0 spiro atoms. The number of nitrogens with zero attached hydrogens (tertiary/aromatic N) is 2. The predicted octanol–water partition coefficient (Wildman–Crippen LogP) is 4.37. The van der Waals surface area contributed by atoms with Crippen molar-refractivity contribution in [2.24, 2.45) is 0 Å². The summed E-state index contributed by atoms with van der Waals surface area (Å²) in [6.45, 7) is 6.04. The van der Waals surface area contributed by atoms with Crippen LogP contribution in [0.15, 0.2) is 47.6 Å². The maximum Gasteiger partial charge on any atom is 0.209 e. The highest BCUT2D eigenvalue weighted by molar-refractivity contribution is 7.99. The van der Waals surface area contributed by atoms with Crippen LogP contribution in [0.2, 0.25) is 0 Å². The van der Waals surface area contributed by atoms with Gasteiger partial charge in [-0.05, 0) is 26.3 Å². The zero-order valence-electron chi connectivity index (χ0n) is 14.0. The second kappa shape index (κ2) is 7.01. The van der Waals surface area contributed by atoms with Crippen LogP contribution in [0, 0.1) is 20.8 Å². The van der Waals surface area contributed by atoms with Crippen molar-refractivity contribution in [1.82, 2.24) is 15.2 Å². The summed E-state index contributed by atoms with van der Waals surface area (Å²) in [6, 6.07) is 14.0. The fourth-order valence-electron chi connectivity index (χ4n) is 2.49. The van der Waals surface area contributed by atoms with Crippen molar-refractivity contribution in [2.75, 3.05) is 5.75 Å². The number of carbonyl (C=O) groups excluding carboxylic acids is 1. The smallest absolute Gasteiger partial charge is 0.209 e. The van der Waals surface area contributed by atoms with Crippen LogP contribution in [0.25, 0.3) is 11.4 Å².